The van der Waals surface area contributed by atoms with E-state index in [0.717, 1.165) is 23.4 Å². The van der Waals surface area contributed by atoms with Crippen molar-refractivity contribution in [2.45, 2.75) is 6.42 Å². The van der Waals surface area contributed by atoms with Gasteiger partial charge in [0.05, 0.1) is 32.2 Å². The van der Waals surface area contributed by atoms with Gasteiger partial charge in [0.1, 0.15) is 5.75 Å². The number of rotatable bonds is 8. The van der Waals surface area contributed by atoms with Gasteiger partial charge in [0.25, 0.3) is 5.56 Å². The molecule has 6 nitrogen and oxygen atoms in total. The van der Waals surface area contributed by atoms with Crippen molar-refractivity contribution in [1.29, 1.82) is 0 Å². The van der Waals surface area contributed by atoms with Crippen LogP contribution >= 0.6 is 11.6 Å². The van der Waals surface area contributed by atoms with Gasteiger partial charge in [0, 0.05) is 17.5 Å². The third kappa shape index (κ3) is 4.28. The first-order valence-corrected chi connectivity index (χ1v) is 9.03. The summed E-state index contributed by atoms with van der Waals surface area (Å²) in [6.07, 6.45) is 0.786. The lowest BCUT2D eigenvalue weighted by atomic mass is 10.1. The zero-order valence-electron chi connectivity index (χ0n) is 15.2. The van der Waals surface area contributed by atoms with Crippen LogP contribution in [0, 0.1) is 0 Å². The Balaban J connectivity index is 1.85. The maximum absolute atomic E-state index is 12.4. The Hall–Kier alpha value is -2.86. The number of hydrogen-bond donors (Lipinski definition) is 1. The van der Waals surface area contributed by atoms with Crippen LogP contribution < -0.4 is 19.8 Å². The highest BCUT2D eigenvalue weighted by molar-refractivity contribution is 6.17. The Morgan fingerprint density at radius 3 is 2.41 bits per heavy atom. The van der Waals surface area contributed by atoms with E-state index in [2.05, 4.69) is 5.10 Å². The minimum atomic E-state index is -0.157. The summed E-state index contributed by atoms with van der Waals surface area (Å²) >= 11 is 5.64. The van der Waals surface area contributed by atoms with Gasteiger partial charge in [-0.3, -0.25) is 9.89 Å². The zero-order valence-corrected chi connectivity index (χ0v) is 16.0. The number of hydrogen-bond acceptors (Lipinski definition) is 4. The Kier molecular flexibility index (Phi) is 6.08. The van der Waals surface area contributed by atoms with E-state index in [9.17, 15) is 4.79 Å². The second-order valence-corrected chi connectivity index (χ2v) is 6.18. The van der Waals surface area contributed by atoms with Gasteiger partial charge in [-0.2, -0.15) is 0 Å². The first-order chi connectivity index (χ1) is 13.2. The van der Waals surface area contributed by atoms with Crippen LogP contribution in [0.15, 0.2) is 53.3 Å². The molecule has 3 rings (SSSR count). The number of halogens is 1. The molecule has 3 aromatic rings. The highest BCUT2D eigenvalue weighted by Crippen LogP contribution is 2.31. The second-order valence-electron chi connectivity index (χ2n) is 5.80. The van der Waals surface area contributed by atoms with E-state index in [1.54, 1.807) is 26.4 Å². The van der Waals surface area contributed by atoms with Crippen LogP contribution in [0.3, 0.4) is 0 Å². The van der Waals surface area contributed by atoms with Gasteiger partial charge in [0.2, 0.25) is 0 Å². The Labute approximate surface area is 162 Å². The molecule has 1 heterocycles. The van der Waals surface area contributed by atoms with Crippen molar-refractivity contribution in [3.8, 4) is 34.2 Å². The minimum Gasteiger partial charge on any atom is -0.494 e. The maximum Gasteiger partial charge on any atom is 0.271 e. The fourth-order valence-electron chi connectivity index (χ4n) is 2.68. The fourth-order valence-corrected chi connectivity index (χ4v) is 2.78. The highest BCUT2D eigenvalue weighted by Gasteiger charge is 2.11. The summed E-state index contributed by atoms with van der Waals surface area (Å²) in [4.78, 5) is 12.4. The number of methoxy groups -OCH3 is 2. The lowest BCUT2D eigenvalue weighted by Crippen LogP contribution is -2.13. The number of nitrogens with zero attached hydrogens (tertiary/aromatic N) is 1. The molecule has 0 fully saturated rings. The van der Waals surface area contributed by atoms with Crippen LogP contribution in [-0.4, -0.2) is 36.5 Å². The van der Waals surface area contributed by atoms with Crippen molar-refractivity contribution in [1.82, 2.24) is 9.78 Å². The number of aromatic nitrogens is 2. The van der Waals surface area contributed by atoms with E-state index in [1.165, 1.54) is 4.68 Å². The van der Waals surface area contributed by atoms with E-state index in [-0.39, 0.29) is 5.56 Å². The standard InChI is InChI=1S/C20H21ClN2O4/c1-25-18-9-4-14(12-19(18)26-2)17-13-20(24)23(22-17)15-5-7-16(8-6-15)27-11-3-10-21/h4-9,12-13,22H,3,10-11H2,1-2H3. The lowest BCUT2D eigenvalue weighted by Gasteiger charge is -2.09. The van der Waals surface area contributed by atoms with Crippen LogP contribution in [0.5, 0.6) is 17.2 Å². The minimum absolute atomic E-state index is 0.157. The number of aromatic amines is 1. The van der Waals surface area contributed by atoms with E-state index >= 15 is 0 Å². The van der Waals surface area contributed by atoms with Crippen molar-refractivity contribution in [3.05, 3.63) is 58.9 Å². The number of benzene rings is 2. The van der Waals surface area contributed by atoms with Gasteiger partial charge in [0.15, 0.2) is 11.5 Å². The summed E-state index contributed by atoms with van der Waals surface area (Å²) in [6, 6.07) is 14.3. The predicted octanol–water partition coefficient (Wildman–Crippen LogP) is 3.86. The largest absolute Gasteiger partial charge is 0.494 e. The Bertz CT molecular complexity index is 947. The number of alkyl halides is 1. The highest BCUT2D eigenvalue weighted by atomic mass is 35.5. The van der Waals surface area contributed by atoms with E-state index < -0.39 is 0 Å². The van der Waals surface area contributed by atoms with Gasteiger partial charge in [-0.15, -0.1) is 11.6 Å². The molecule has 0 aliphatic rings. The molecule has 0 saturated heterocycles. The molecule has 0 radical (unpaired) electrons. The average Bonchev–Trinajstić information content (AvgIpc) is 3.10. The SMILES string of the molecule is COc1ccc(-c2cc(=O)n(-c3ccc(OCCCCl)cc3)[nH]2)cc1OC. The summed E-state index contributed by atoms with van der Waals surface area (Å²) in [7, 11) is 3.16. The van der Waals surface area contributed by atoms with Crippen LogP contribution in [0.1, 0.15) is 6.42 Å². The van der Waals surface area contributed by atoms with Crippen LogP contribution in [0.2, 0.25) is 0 Å². The average molecular weight is 389 g/mol. The summed E-state index contributed by atoms with van der Waals surface area (Å²) in [6.45, 7) is 0.564. The molecular weight excluding hydrogens is 368 g/mol. The predicted molar refractivity (Wildman–Crippen MR) is 106 cm³/mol. The molecule has 0 aliphatic heterocycles. The van der Waals surface area contributed by atoms with Crippen LogP contribution in [-0.2, 0) is 0 Å². The third-order valence-corrected chi connectivity index (χ3v) is 4.32. The molecule has 7 heteroatoms. The smallest absolute Gasteiger partial charge is 0.271 e. The molecule has 0 spiro atoms. The number of ether oxygens (including phenoxy) is 3. The van der Waals surface area contributed by atoms with Crippen molar-refractivity contribution < 1.29 is 14.2 Å². The maximum atomic E-state index is 12.4. The first-order valence-electron chi connectivity index (χ1n) is 8.50. The van der Waals surface area contributed by atoms with Crippen LogP contribution in [0.25, 0.3) is 16.9 Å². The topological polar surface area (TPSA) is 65.5 Å². The number of nitrogens with one attached hydrogen (secondary N) is 1. The van der Waals surface area contributed by atoms with E-state index in [0.29, 0.717) is 29.7 Å². The van der Waals surface area contributed by atoms with Gasteiger partial charge in [-0.25, -0.2) is 4.68 Å². The molecule has 0 aliphatic carbocycles. The molecule has 0 unspecified atom stereocenters. The zero-order chi connectivity index (χ0) is 19.2. The lowest BCUT2D eigenvalue weighted by molar-refractivity contribution is 0.318. The van der Waals surface area contributed by atoms with Gasteiger partial charge in [-0.05, 0) is 48.9 Å². The molecule has 0 atom stereocenters. The summed E-state index contributed by atoms with van der Waals surface area (Å²) < 4.78 is 17.6. The molecule has 1 aromatic heterocycles. The Morgan fingerprint density at radius 1 is 1.00 bits per heavy atom. The molecule has 0 amide bonds. The molecule has 27 heavy (non-hydrogen) atoms. The van der Waals surface area contributed by atoms with Gasteiger partial charge >= 0.3 is 0 Å². The molecular formula is C20H21ClN2O4. The van der Waals surface area contributed by atoms with Crippen molar-refractivity contribution in [3.63, 3.8) is 0 Å². The molecule has 142 valence electrons. The summed E-state index contributed by atoms with van der Waals surface area (Å²) in [5.41, 5.74) is 2.07. The van der Waals surface area contributed by atoms with Crippen LogP contribution in [0.4, 0.5) is 0 Å². The van der Waals surface area contributed by atoms with Gasteiger partial charge < -0.3 is 14.2 Å². The fraction of sp³-hybridized carbons (Fsp3) is 0.250. The monoisotopic (exact) mass is 388 g/mol. The third-order valence-electron chi connectivity index (χ3n) is 4.06. The Morgan fingerprint density at radius 2 is 1.74 bits per heavy atom. The molecule has 2 aromatic carbocycles. The van der Waals surface area contributed by atoms with E-state index in [1.807, 2.05) is 36.4 Å². The molecule has 1 N–H and O–H groups in total. The van der Waals surface area contributed by atoms with Crippen molar-refractivity contribution in [2.24, 2.45) is 0 Å². The number of H-pyrrole nitrogens is 1. The summed E-state index contributed by atoms with van der Waals surface area (Å²) in [5, 5.41) is 3.12. The van der Waals surface area contributed by atoms with Gasteiger partial charge in [-0.1, -0.05) is 0 Å². The summed E-state index contributed by atoms with van der Waals surface area (Å²) in [5.74, 6) is 2.54. The quantitative estimate of drug-likeness (QED) is 0.470. The second kappa shape index (κ2) is 8.68. The molecule has 0 bridgehead atoms. The normalized spacial score (nSPS) is 10.6. The first kappa shape index (κ1) is 18.9. The van der Waals surface area contributed by atoms with Crippen molar-refractivity contribution in [2.75, 3.05) is 26.7 Å². The molecule has 0 saturated carbocycles. The van der Waals surface area contributed by atoms with Crippen molar-refractivity contribution >= 4 is 11.6 Å². The van der Waals surface area contributed by atoms with E-state index in [4.69, 9.17) is 25.8 Å².